The molecule has 1 saturated heterocycles. The van der Waals surface area contributed by atoms with Crippen molar-refractivity contribution in [2.75, 3.05) is 23.3 Å². The number of piperidine rings is 1. The van der Waals surface area contributed by atoms with Gasteiger partial charge < -0.3 is 15.0 Å². The average Bonchev–Trinajstić information content (AvgIpc) is 3.14. The van der Waals surface area contributed by atoms with Crippen LogP contribution in [0, 0.1) is 17.7 Å². The number of halogens is 1. The average molecular weight is 328 g/mol. The van der Waals surface area contributed by atoms with Crippen molar-refractivity contribution in [2.24, 2.45) is 11.8 Å². The molecule has 0 radical (unpaired) electrons. The van der Waals surface area contributed by atoms with Gasteiger partial charge in [-0.3, -0.25) is 0 Å². The van der Waals surface area contributed by atoms with Crippen LogP contribution in [0.1, 0.15) is 20.3 Å². The summed E-state index contributed by atoms with van der Waals surface area (Å²) >= 11 is 0. The molecule has 2 fully saturated rings. The Morgan fingerprint density at radius 3 is 2.54 bits per heavy atom. The Hall–Kier alpha value is -2.37. The van der Waals surface area contributed by atoms with Crippen LogP contribution in [0.25, 0.3) is 0 Å². The number of hydrogen-bond donors (Lipinski definition) is 1. The van der Waals surface area contributed by atoms with Crippen LogP contribution in [0.4, 0.5) is 21.8 Å². The van der Waals surface area contributed by atoms with Gasteiger partial charge in [0.25, 0.3) is 0 Å². The largest absolute Gasteiger partial charge is 0.475 e. The molecular weight excluding hydrogens is 307 g/mol. The van der Waals surface area contributed by atoms with Crippen LogP contribution in [0.5, 0.6) is 5.88 Å². The SMILES string of the molecule is CC(C)Oc1cc(N2CC3CC3C2)nc(Nc2ccc(F)cc2)n1. The first-order chi connectivity index (χ1) is 11.6. The minimum absolute atomic E-state index is 0.0402. The summed E-state index contributed by atoms with van der Waals surface area (Å²) in [6.07, 6.45) is 1.39. The summed E-state index contributed by atoms with van der Waals surface area (Å²) in [6, 6.07) is 8.05. The molecule has 1 aromatic carbocycles. The van der Waals surface area contributed by atoms with E-state index in [-0.39, 0.29) is 11.9 Å². The van der Waals surface area contributed by atoms with Crippen molar-refractivity contribution < 1.29 is 9.13 Å². The van der Waals surface area contributed by atoms with Gasteiger partial charge in [0.05, 0.1) is 6.10 Å². The van der Waals surface area contributed by atoms with Gasteiger partial charge in [0.1, 0.15) is 11.6 Å². The molecule has 0 spiro atoms. The molecule has 0 bridgehead atoms. The van der Waals surface area contributed by atoms with Gasteiger partial charge in [-0.15, -0.1) is 0 Å². The fourth-order valence-electron chi connectivity index (χ4n) is 3.18. The van der Waals surface area contributed by atoms with Gasteiger partial charge in [-0.05, 0) is 56.4 Å². The molecular formula is C18H21FN4O. The van der Waals surface area contributed by atoms with Gasteiger partial charge >= 0.3 is 0 Å². The van der Waals surface area contributed by atoms with E-state index in [9.17, 15) is 4.39 Å². The molecule has 1 N–H and O–H groups in total. The van der Waals surface area contributed by atoms with E-state index in [4.69, 9.17) is 4.74 Å². The second-order valence-electron chi connectivity index (χ2n) is 6.85. The third-order valence-electron chi connectivity index (χ3n) is 4.45. The molecule has 4 rings (SSSR count). The van der Waals surface area contributed by atoms with E-state index in [1.54, 1.807) is 12.1 Å². The zero-order valence-electron chi connectivity index (χ0n) is 13.9. The van der Waals surface area contributed by atoms with Gasteiger partial charge in [-0.2, -0.15) is 9.97 Å². The van der Waals surface area contributed by atoms with Gasteiger partial charge in [0.15, 0.2) is 0 Å². The second kappa shape index (κ2) is 5.92. The minimum atomic E-state index is -0.268. The molecule has 6 heteroatoms. The standard InChI is InChI=1S/C18H21FN4O/c1-11(2)24-17-8-16(23-9-12-7-13(12)10-23)21-18(22-17)20-15-5-3-14(19)4-6-15/h3-6,8,11-13H,7,9-10H2,1-2H3,(H,20,21,22). The van der Waals surface area contributed by atoms with Crippen LogP contribution < -0.4 is 15.0 Å². The fraction of sp³-hybridized carbons (Fsp3) is 0.444. The molecule has 1 aliphatic carbocycles. The molecule has 24 heavy (non-hydrogen) atoms. The zero-order chi connectivity index (χ0) is 16.7. The Balaban J connectivity index is 1.60. The second-order valence-corrected chi connectivity index (χ2v) is 6.85. The van der Waals surface area contributed by atoms with E-state index < -0.39 is 0 Å². The van der Waals surface area contributed by atoms with Crippen molar-refractivity contribution in [1.82, 2.24) is 9.97 Å². The summed E-state index contributed by atoms with van der Waals surface area (Å²) in [5, 5.41) is 3.14. The molecule has 2 aliphatic rings. The zero-order valence-corrected chi connectivity index (χ0v) is 13.9. The highest BCUT2D eigenvalue weighted by molar-refractivity contribution is 5.56. The summed E-state index contributed by atoms with van der Waals surface area (Å²) in [6.45, 7) is 6.05. The summed E-state index contributed by atoms with van der Waals surface area (Å²) in [5.41, 5.74) is 0.744. The topological polar surface area (TPSA) is 50.3 Å². The number of fused-ring (bicyclic) bond motifs is 1. The quantitative estimate of drug-likeness (QED) is 0.909. The monoisotopic (exact) mass is 328 g/mol. The number of benzene rings is 1. The smallest absolute Gasteiger partial charge is 0.232 e. The maximum absolute atomic E-state index is 13.1. The highest BCUT2D eigenvalue weighted by atomic mass is 19.1. The number of nitrogens with one attached hydrogen (secondary N) is 1. The Morgan fingerprint density at radius 1 is 1.17 bits per heavy atom. The van der Waals surface area contributed by atoms with Crippen molar-refractivity contribution in [1.29, 1.82) is 0 Å². The first-order valence-corrected chi connectivity index (χ1v) is 8.40. The number of hydrogen-bond acceptors (Lipinski definition) is 5. The predicted octanol–water partition coefficient (Wildman–Crippen LogP) is 3.60. The van der Waals surface area contributed by atoms with Crippen LogP contribution in [0.2, 0.25) is 0 Å². The minimum Gasteiger partial charge on any atom is -0.475 e. The summed E-state index contributed by atoms with van der Waals surface area (Å²) < 4.78 is 18.8. The van der Waals surface area contributed by atoms with Gasteiger partial charge in [0, 0.05) is 24.8 Å². The lowest BCUT2D eigenvalue weighted by molar-refractivity contribution is 0.232. The maximum atomic E-state index is 13.1. The van der Waals surface area contributed by atoms with Crippen molar-refractivity contribution in [3.8, 4) is 5.88 Å². The van der Waals surface area contributed by atoms with E-state index >= 15 is 0 Å². The summed E-state index contributed by atoms with van der Waals surface area (Å²) in [4.78, 5) is 11.3. The number of nitrogens with zero attached hydrogens (tertiary/aromatic N) is 3. The van der Waals surface area contributed by atoms with Crippen LogP contribution in [-0.2, 0) is 0 Å². The normalized spacial score (nSPS) is 21.8. The fourth-order valence-corrected chi connectivity index (χ4v) is 3.18. The molecule has 0 amide bonds. The van der Waals surface area contributed by atoms with Gasteiger partial charge in [-0.1, -0.05) is 0 Å². The molecule has 5 nitrogen and oxygen atoms in total. The van der Waals surface area contributed by atoms with E-state index in [1.807, 2.05) is 19.9 Å². The first-order valence-electron chi connectivity index (χ1n) is 8.40. The van der Waals surface area contributed by atoms with Gasteiger partial charge in [-0.25, -0.2) is 4.39 Å². The maximum Gasteiger partial charge on any atom is 0.232 e. The Kier molecular flexibility index (Phi) is 3.75. The van der Waals surface area contributed by atoms with Crippen LogP contribution in [0.15, 0.2) is 30.3 Å². The Labute approximate surface area is 140 Å². The first kappa shape index (κ1) is 15.2. The predicted molar refractivity (Wildman–Crippen MR) is 91.3 cm³/mol. The molecule has 2 unspecified atom stereocenters. The number of rotatable bonds is 5. The molecule has 2 heterocycles. The van der Waals surface area contributed by atoms with Gasteiger partial charge in [0.2, 0.25) is 11.8 Å². The van der Waals surface area contributed by atoms with E-state index in [0.717, 1.165) is 36.4 Å². The van der Waals surface area contributed by atoms with Crippen molar-refractivity contribution in [3.05, 3.63) is 36.1 Å². The van der Waals surface area contributed by atoms with Crippen molar-refractivity contribution >= 4 is 17.5 Å². The number of ether oxygens (including phenoxy) is 1. The lowest BCUT2D eigenvalue weighted by Gasteiger charge is -2.21. The van der Waals surface area contributed by atoms with E-state index in [2.05, 4.69) is 20.2 Å². The summed E-state index contributed by atoms with van der Waals surface area (Å²) in [5.74, 6) is 3.29. The van der Waals surface area contributed by atoms with Crippen molar-refractivity contribution in [3.63, 3.8) is 0 Å². The van der Waals surface area contributed by atoms with Crippen LogP contribution >= 0.6 is 0 Å². The van der Waals surface area contributed by atoms with E-state index in [0.29, 0.717) is 11.8 Å². The molecule has 2 aromatic rings. The van der Waals surface area contributed by atoms with Crippen molar-refractivity contribution in [2.45, 2.75) is 26.4 Å². The lowest BCUT2D eigenvalue weighted by atomic mass is 10.3. The molecule has 126 valence electrons. The molecule has 2 atom stereocenters. The Morgan fingerprint density at radius 2 is 1.88 bits per heavy atom. The number of aromatic nitrogens is 2. The third kappa shape index (κ3) is 3.27. The van der Waals surface area contributed by atoms with Crippen LogP contribution in [-0.4, -0.2) is 29.2 Å². The lowest BCUT2D eigenvalue weighted by Crippen LogP contribution is -2.23. The molecule has 1 aliphatic heterocycles. The Bertz CT molecular complexity index is 724. The third-order valence-corrected chi connectivity index (χ3v) is 4.45. The van der Waals surface area contributed by atoms with Crippen LogP contribution in [0.3, 0.4) is 0 Å². The highest BCUT2D eigenvalue weighted by Gasteiger charge is 2.45. The molecule has 1 aromatic heterocycles. The molecule has 1 saturated carbocycles. The van der Waals surface area contributed by atoms with E-state index in [1.165, 1.54) is 18.6 Å². The highest BCUT2D eigenvalue weighted by Crippen LogP contribution is 2.46. The summed E-state index contributed by atoms with van der Waals surface area (Å²) in [7, 11) is 0. The number of anilines is 3.